The van der Waals surface area contributed by atoms with Gasteiger partial charge in [-0.2, -0.15) is 5.10 Å². The number of aromatic nitrogens is 5. The van der Waals surface area contributed by atoms with Gasteiger partial charge >= 0.3 is 0 Å². The van der Waals surface area contributed by atoms with E-state index in [1.165, 1.54) is 44.1 Å². The second kappa shape index (κ2) is 8.17. The van der Waals surface area contributed by atoms with E-state index in [1.54, 1.807) is 0 Å². The van der Waals surface area contributed by atoms with Gasteiger partial charge in [0.05, 0.1) is 16.7 Å². The maximum Gasteiger partial charge on any atom is 0.132 e. The van der Waals surface area contributed by atoms with E-state index in [2.05, 4.69) is 45.3 Å². The average molecular weight is 415 g/mol. The summed E-state index contributed by atoms with van der Waals surface area (Å²) in [6, 6.07) is 8.39. The fraction of sp³-hybridized carbons (Fsp3) is 0.400. The van der Waals surface area contributed by atoms with Crippen LogP contribution in [0.2, 0.25) is 0 Å². The second-order valence-corrected chi connectivity index (χ2v) is 8.94. The van der Waals surface area contributed by atoms with Crippen molar-refractivity contribution in [1.29, 1.82) is 0 Å². The standard InChI is InChI=1S/C25H30N6/c1-17-21(16-31(3)29-17)20-13-23-22(26-14-20)9-10-24(27-23)28-25-12-19(15-30(25)2)11-18-7-5-4-6-8-18/h9-10,12-16,18H,4-8,11H2,1-3H3,(H,27,28). The van der Waals surface area contributed by atoms with Gasteiger partial charge in [-0.25, -0.2) is 4.98 Å². The molecule has 0 spiro atoms. The van der Waals surface area contributed by atoms with Crippen LogP contribution >= 0.6 is 0 Å². The van der Waals surface area contributed by atoms with E-state index < -0.39 is 0 Å². The predicted molar refractivity (Wildman–Crippen MR) is 125 cm³/mol. The maximum atomic E-state index is 4.85. The summed E-state index contributed by atoms with van der Waals surface area (Å²) in [5.74, 6) is 2.74. The van der Waals surface area contributed by atoms with Crippen LogP contribution in [0, 0.1) is 12.8 Å². The van der Waals surface area contributed by atoms with Gasteiger partial charge in [0.2, 0.25) is 0 Å². The molecule has 0 aromatic carbocycles. The van der Waals surface area contributed by atoms with E-state index in [-0.39, 0.29) is 0 Å². The highest BCUT2D eigenvalue weighted by atomic mass is 15.2. The minimum absolute atomic E-state index is 0.833. The number of aryl methyl sites for hydroxylation is 3. The van der Waals surface area contributed by atoms with Gasteiger partial charge in [-0.05, 0) is 49.1 Å². The monoisotopic (exact) mass is 414 g/mol. The quantitative estimate of drug-likeness (QED) is 0.465. The zero-order chi connectivity index (χ0) is 21.4. The molecule has 1 fully saturated rings. The lowest BCUT2D eigenvalue weighted by atomic mass is 9.85. The molecule has 0 saturated heterocycles. The first-order chi connectivity index (χ1) is 15.0. The Labute approximate surface area is 183 Å². The third-order valence-electron chi connectivity index (χ3n) is 6.43. The molecule has 6 nitrogen and oxygen atoms in total. The maximum absolute atomic E-state index is 4.85. The normalized spacial score (nSPS) is 14.9. The van der Waals surface area contributed by atoms with E-state index >= 15 is 0 Å². The molecule has 31 heavy (non-hydrogen) atoms. The molecule has 0 atom stereocenters. The number of fused-ring (bicyclic) bond motifs is 1. The molecule has 160 valence electrons. The lowest BCUT2D eigenvalue weighted by Crippen LogP contribution is -2.08. The van der Waals surface area contributed by atoms with Crippen LogP contribution in [-0.2, 0) is 20.5 Å². The minimum atomic E-state index is 0.833. The van der Waals surface area contributed by atoms with E-state index in [9.17, 15) is 0 Å². The van der Waals surface area contributed by atoms with Crippen LogP contribution in [0.5, 0.6) is 0 Å². The summed E-state index contributed by atoms with van der Waals surface area (Å²) in [5, 5.41) is 7.95. The number of pyridine rings is 2. The van der Waals surface area contributed by atoms with Crippen molar-refractivity contribution in [2.24, 2.45) is 20.0 Å². The largest absolute Gasteiger partial charge is 0.337 e. The topological polar surface area (TPSA) is 60.6 Å². The fourth-order valence-electron chi connectivity index (χ4n) is 4.83. The highest BCUT2D eigenvalue weighted by Crippen LogP contribution is 2.29. The van der Waals surface area contributed by atoms with E-state index in [0.717, 1.165) is 45.4 Å². The Kier molecular flexibility index (Phi) is 5.22. The van der Waals surface area contributed by atoms with Crippen LogP contribution < -0.4 is 5.32 Å². The van der Waals surface area contributed by atoms with Crippen LogP contribution in [0.1, 0.15) is 43.4 Å². The molecule has 1 N–H and O–H groups in total. The number of hydrogen-bond donors (Lipinski definition) is 1. The summed E-state index contributed by atoms with van der Waals surface area (Å²) in [6.45, 7) is 2.02. The van der Waals surface area contributed by atoms with E-state index in [1.807, 2.05) is 43.2 Å². The number of nitrogens with one attached hydrogen (secondary N) is 1. The van der Waals surface area contributed by atoms with Crippen molar-refractivity contribution < 1.29 is 0 Å². The predicted octanol–water partition coefficient (Wildman–Crippen LogP) is 5.54. The van der Waals surface area contributed by atoms with E-state index in [0.29, 0.717) is 0 Å². The molecule has 0 radical (unpaired) electrons. The molecule has 4 heterocycles. The zero-order valence-electron chi connectivity index (χ0n) is 18.6. The molecular formula is C25H30N6. The first-order valence-corrected chi connectivity index (χ1v) is 11.2. The van der Waals surface area contributed by atoms with Crippen molar-refractivity contribution in [2.45, 2.75) is 45.4 Å². The second-order valence-electron chi connectivity index (χ2n) is 8.94. The van der Waals surface area contributed by atoms with Crippen molar-refractivity contribution in [3.05, 3.63) is 54.1 Å². The highest BCUT2D eigenvalue weighted by Gasteiger charge is 2.16. The molecule has 0 amide bonds. The van der Waals surface area contributed by atoms with Crippen LogP contribution in [0.3, 0.4) is 0 Å². The van der Waals surface area contributed by atoms with Crippen molar-refractivity contribution in [1.82, 2.24) is 24.3 Å². The first-order valence-electron chi connectivity index (χ1n) is 11.2. The molecule has 5 rings (SSSR count). The number of rotatable bonds is 5. The summed E-state index contributed by atoms with van der Waals surface area (Å²) in [7, 11) is 4.03. The van der Waals surface area contributed by atoms with Crippen molar-refractivity contribution in [3.63, 3.8) is 0 Å². The van der Waals surface area contributed by atoms with Gasteiger partial charge in [-0.1, -0.05) is 32.1 Å². The third kappa shape index (κ3) is 4.20. The van der Waals surface area contributed by atoms with Crippen molar-refractivity contribution in [2.75, 3.05) is 5.32 Å². The van der Waals surface area contributed by atoms with Crippen LogP contribution in [0.15, 0.2) is 42.9 Å². The lowest BCUT2D eigenvalue weighted by Gasteiger charge is -2.20. The summed E-state index contributed by atoms with van der Waals surface area (Å²) in [5.41, 5.74) is 6.30. The minimum Gasteiger partial charge on any atom is -0.337 e. The number of anilines is 2. The summed E-state index contributed by atoms with van der Waals surface area (Å²) >= 11 is 0. The lowest BCUT2D eigenvalue weighted by molar-refractivity contribution is 0.356. The summed E-state index contributed by atoms with van der Waals surface area (Å²) in [6.07, 6.45) is 14.3. The Balaban J connectivity index is 1.38. The third-order valence-corrected chi connectivity index (χ3v) is 6.43. The zero-order valence-corrected chi connectivity index (χ0v) is 18.6. The Bertz CT molecular complexity index is 1210. The van der Waals surface area contributed by atoms with E-state index in [4.69, 9.17) is 4.98 Å². The first kappa shape index (κ1) is 19.8. The van der Waals surface area contributed by atoms with Crippen molar-refractivity contribution in [3.8, 4) is 11.1 Å². The molecule has 1 saturated carbocycles. The number of hydrogen-bond acceptors (Lipinski definition) is 4. The van der Waals surface area contributed by atoms with Crippen LogP contribution in [0.25, 0.3) is 22.2 Å². The Hall–Kier alpha value is -3.15. The molecule has 0 bridgehead atoms. The van der Waals surface area contributed by atoms with Crippen LogP contribution in [-0.4, -0.2) is 24.3 Å². The van der Waals surface area contributed by atoms with Crippen LogP contribution in [0.4, 0.5) is 11.6 Å². The van der Waals surface area contributed by atoms with Gasteiger partial charge in [-0.3, -0.25) is 9.67 Å². The molecule has 4 aromatic heterocycles. The smallest absolute Gasteiger partial charge is 0.132 e. The number of nitrogens with zero attached hydrogens (tertiary/aromatic N) is 5. The molecular weight excluding hydrogens is 384 g/mol. The molecule has 0 aliphatic heterocycles. The molecule has 0 unspecified atom stereocenters. The van der Waals surface area contributed by atoms with Gasteiger partial charge in [-0.15, -0.1) is 0 Å². The average Bonchev–Trinajstić information content (AvgIpc) is 3.28. The van der Waals surface area contributed by atoms with Gasteiger partial charge in [0.15, 0.2) is 0 Å². The Morgan fingerprint density at radius 2 is 1.87 bits per heavy atom. The highest BCUT2D eigenvalue weighted by molar-refractivity contribution is 5.82. The SMILES string of the molecule is Cc1nn(C)cc1-c1cnc2ccc(Nc3cc(CC4CCCCC4)cn3C)nc2c1. The van der Waals surface area contributed by atoms with Gasteiger partial charge in [0.25, 0.3) is 0 Å². The van der Waals surface area contributed by atoms with Gasteiger partial charge in [0, 0.05) is 43.8 Å². The van der Waals surface area contributed by atoms with Crippen molar-refractivity contribution >= 4 is 22.7 Å². The molecule has 1 aliphatic rings. The summed E-state index contributed by atoms with van der Waals surface area (Å²) < 4.78 is 4.00. The Morgan fingerprint density at radius 1 is 1.03 bits per heavy atom. The van der Waals surface area contributed by atoms with Gasteiger partial charge < -0.3 is 9.88 Å². The fourth-order valence-corrected chi connectivity index (χ4v) is 4.83. The molecule has 4 aromatic rings. The Morgan fingerprint density at radius 3 is 2.65 bits per heavy atom. The summed E-state index contributed by atoms with van der Waals surface area (Å²) in [4.78, 5) is 9.46. The van der Waals surface area contributed by atoms with Gasteiger partial charge in [0.1, 0.15) is 11.6 Å². The molecule has 1 aliphatic carbocycles. The molecule has 6 heteroatoms.